The molecule has 1 unspecified atom stereocenters. The Morgan fingerprint density at radius 3 is 2.67 bits per heavy atom. The number of thioether (sulfide) groups is 1. The topological polar surface area (TPSA) is 75.6 Å². The van der Waals surface area contributed by atoms with Gasteiger partial charge in [0.25, 0.3) is 5.91 Å². The third-order valence-corrected chi connectivity index (χ3v) is 5.82. The van der Waals surface area contributed by atoms with Crippen molar-refractivity contribution in [2.24, 2.45) is 5.41 Å². The average molecular weight is 351 g/mol. The molecule has 2 rings (SSSR count). The Bertz CT molecular complexity index is 586. The molecule has 1 aromatic carbocycles. The molecule has 1 aromatic rings. The second-order valence-corrected chi connectivity index (χ2v) is 7.76. The normalized spacial score (nSPS) is 16.9. The second kappa shape index (κ2) is 8.53. The predicted octanol–water partition coefficient (Wildman–Crippen LogP) is 3.19. The number of benzene rings is 1. The fourth-order valence-corrected chi connectivity index (χ4v) is 3.80. The Labute approximate surface area is 147 Å². The highest BCUT2D eigenvalue weighted by molar-refractivity contribution is 8.00. The maximum Gasteiger partial charge on any atom is 0.316 e. The molecule has 6 heteroatoms. The van der Waals surface area contributed by atoms with Gasteiger partial charge in [0, 0.05) is 25.2 Å². The van der Waals surface area contributed by atoms with Gasteiger partial charge in [-0.05, 0) is 43.7 Å². The van der Waals surface area contributed by atoms with Crippen LogP contribution in [0.5, 0.6) is 0 Å². The summed E-state index contributed by atoms with van der Waals surface area (Å²) < 4.78 is 5.18. The number of carboxylic acids is 1. The number of hydrogen-bond acceptors (Lipinski definition) is 4. The van der Waals surface area contributed by atoms with E-state index in [2.05, 4.69) is 5.32 Å². The van der Waals surface area contributed by atoms with E-state index in [1.54, 1.807) is 32.2 Å². The molecule has 1 saturated carbocycles. The molecular formula is C18H25NO4S. The molecule has 24 heavy (non-hydrogen) atoms. The van der Waals surface area contributed by atoms with Gasteiger partial charge in [-0.2, -0.15) is 0 Å². The first-order valence-electron chi connectivity index (χ1n) is 8.23. The van der Waals surface area contributed by atoms with Gasteiger partial charge in [0.2, 0.25) is 0 Å². The summed E-state index contributed by atoms with van der Waals surface area (Å²) in [6.07, 6.45) is 4.38. The number of ether oxygens (including phenoxy) is 1. The number of carbonyl (C=O) groups is 2. The summed E-state index contributed by atoms with van der Waals surface area (Å²) >= 11 is 1.19. The number of aliphatic carboxylic acids is 1. The summed E-state index contributed by atoms with van der Waals surface area (Å²) in [6, 6.07) is 7.16. The summed E-state index contributed by atoms with van der Waals surface area (Å²) in [4.78, 5) is 24.3. The lowest BCUT2D eigenvalue weighted by molar-refractivity contribution is -0.136. The Balaban J connectivity index is 2.00. The maximum atomic E-state index is 12.6. The lowest BCUT2D eigenvalue weighted by Gasteiger charge is -2.42. The summed E-state index contributed by atoms with van der Waals surface area (Å²) in [5, 5.41) is 11.5. The minimum absolute atomic E-state index is 0.139. The molecule has 0 bridgehead atoms. The fourth-order valence-electron chi connectivity index (χ4n) is 2.87. The number of amides is 1. The number of methoxy groups -OCH3 is 1. The summed E-state index contributed by atoms with van der Waals surface area (Å²) in [7, 11) is 1.70. The van der Waals surface area contributed by atoms with Crippen LogP contribution in [0.3, 0.4) is 0 Å². The fraction of sp³-hybridized carbons (Fsp3) is 0.556. The van der Waals surface area contributed by atoms with Crippen molar-refractivity contribution < 1.29 is 19.4 Å². The van der Waals surface area contributed by atoms with Crippen molar-refractivity contribution in [1.29, 1.82) is 0 Å². The number of carboxylic acid groups (broad SMARTS) is 1. The average Bonchev–Trinajstić information content (AvgIpc) is 2.53. The van der Waals surface area contributed by atoms with Crippen LogP contribution in [-0.2, 0) is 9.53 Å². The van der Waals surface area contributed by atoms with E-state index in [1.807, 2.05) is 6.07 Å². The molecule has 1 aliphatic carbocycles. The van der Waals surface area contributed by atoms with Crippen molar-refractivity contribution in [3.63, 3.8) is 0 Å². The van der Waals surface area contributed by atoms with Gasteiger partial charge in [-0.3, -0.25) is 9.59 Å². The van der Waals surface area contributed by atoms with Crippen LogP contribution in [0.25, 0.3) is 0 Å². The zero-order chi connectivity index (χ0) is 17.6. The van der Waals surface area contributed by atoms with Crippen molar-refractivity contribution in [1.82, 2.24) is 5.32 Å². The number of carbonyl (C=O) groups excluding carboxylic acids is 1. The molecule has 1 atom stereocenters. The Morgan fingerprint density at radius 1 is 1.38 bits per heavy atom. The van der Waals surface area contributed by atoms with Gasteiger partial charge in [0.1, 0.15) is 5.25 Å². The van der Waals surface area contributed by atoms with Crippen molar-refractivity contribution in [3.05, 3.63) is 29.8 Å². The summed E-state index contributed by atoms with van der Waals surface area (Å²) in [5.74, 6) is -1.03. The number of hydrogen-bond donors (Lipinski definition) is 2. The van der Waals surface area contributed by atoms with E-state index in [1.165, 1.54) is 18.2 Å². The highest BCUT2D eigenvalue weighted by Crippen LogP contribution is 2.43. The highest BCUT2D eigenvalue weighted by atomic mass is 32.2. The first kappa shape index (κ1) is 18.8. The van der Waals surface area contributed by atoms with E-state index < -0.39 is 11.2 Å². The molecular weight excluding hydrogens is 326 g/mol. The predicted molar refractivity (Wildman–Crippen MR) is 94.5 cm³/mol. The van der Waals surface area contributed by atoms with Gasteiger partial charge >= 0.3 is 5.97 Å². The zero-order valence-electron chi connectivity index (χ0n) is 14.2. The third kappa shape index (κ3) is 4.74. The lowest BCUT2D eigenvalue weighted by atomic mass is 9.66. The van der Waals surface area contributed by atoms with Gasteiger partial charge in [-0.1, -0.05) is 18.6 Å². The van der Waals surface area contributed by atoms with Crippen LogP contribution in [0.1, 0.15) is 43.0 Å². The van der Waals surface area contributed by atoms with E-state index in [4.69, 9.17) is 9.84 Å². The standard InChI is InChI=1S/C18H25NO4S/c1-13(17(21)22)24-15-7-4-3-6-14(15)16(20)19-12-18(8-5-9-18)10-11-23-2/h3-4,6-7,13H,5,8-12H2,1-2H3,(H,19,20)(H,21,22). The van der Waals surface area contributed by atoms with E-state index in [9.17, 15) is 9.59 Å². The first-order valence-corrected chi connectivity index (χ1v) is 9.11. The van der Waals surface area contributed by atoms with E-state index in [-0.39, 0.29) is 11.3 Å². The molecule has 0 heterocycles. The second-order valence-electron chi connectivity index (χ2n) is 6.37. The number of nitrogens with one attached hydrogen (secondary N) is 1. The molecule has 2 N–H and O–H groups in total. The highest BCUT2D eigenvalue weighted by Gasteiger charge is 2.36. The van der Waals surface area contributed by atoms with Crippen LogP contribution in [-0.4, -0.2) is 42.5 Å². The SMILES string of the molecule is COCCC1(CNC(=O)c2ccccc2SC(C)C(=O)O)CCC1. The lowest BCUT2D eigenvalue weighted by Crippen LogP contribution is -2.43. The summed E-state index contributed by atoms with van der Waals surface area (Å²) in [6.45, 7) is 2.97. The van der Waals surface area contributed by atoms with Crippen molar-refractivity contribution in [2.45, 2.75) is 42.8 Å². The number of rotatable bonds is 9. The molecule has 132 valence electrons. The van der Waals surface area contributed by atoms with Crippen LogP contribution in [0, 0.1) is 5.41 Å². The molecule has 0 aromatic heterocycles. The third-order valence-electron chi connectivity index (χ3n) is 4.66. The van der Waals surface area contributed by atoms with Crippen molar-refractivity contribution >= 4 is 23.6 Å². The molecule has 0 aliphatic heterocycles. The molecule has 5 nitrogen and oxygen atoms in total. The monoisotopic (exact) mass is 351 g/mol. The molecule has 0 spiro atoms. The van der Waals surface area contributed by atoms with Gasteiger partial charge in [-0.25, -0.2) is 0 Å². The van der Waals surface area contributed by atoms with Gasteiger partial charge < -0.3 is 15.2 Å². The van der Waals surface area contributed by atoms with Crippen molar-refractivity contribution in [2.75, 3.05) is 20.3 Å². The van der Waals surface area contributed by atoms with Crippen LogP contribution >= 0.6 is 11.8 Å². The molecule has 1 fully saturated rings. The van der Waals surface area contributed by atoms with Crippen LogP contribution < -0.4 is 5.32 Å². The van der Waals surface area contributed by atoms with E-state index >= 15 is 0 Å². The Hall–Kier alpha value is -1.53. The Morgan fingerprint density at radius 2 is 2.08 bits per heavy atom. The van der Waals surface area contributed by atoms with Gasteiger partial charge in [0.15, 0.2) is 0 Å². The largest absolute Gasteiger partial charge is 0.480 e. The van der Waals surface area contributed by atoms with Crippen LogP contribution in [0.2, 0.25) is 0 Å². The van der Waals surface area contributed by atoms with Crippen molar-refractivity contribution in [3.8, 4) is 0 Å². The molecule has 1 aliphatic rings. The minimum atomic E-state index is -0.886. The van der Waals surface area contributed by atoms with Gasteiger partial charge in [-0.15, -0.1) is 11.8 Å². The molecule has 0 saturated heterocycles. The van der Waals surface area contributed by atoms with Crippen LogP contribution in [0.4, 0.5) is 0 Å². The molecule has 1 amide bonds. The van der Waals surface area contributed by atoms with Gasteiger partial charge in [0.05, 0.1) is 5.56 Å². The quantitative estimate of drug-likeness (QED) is 0.668. The minimum Gasteiger partial charge on any atom is -0.480 e. The first-order chi connectivity index (χ1) is 11.5. The molecule has 0 radical (unpaired) electrons. The summed E-state index contributed by atoms with van der Waals surface area (Å²) in [5.41, 5.74) is 0.694. The smallest absolute Gasteiger partial charge is 0.316 e. The maximum absolute atomic E-state index is 12.6. The van der Waals surface area contributed by atoms with E-state index in [0.717, 1.165) is 19.3 Å². The zero-order valence-corrected chi connectivity index (χ0v) is 15.0. The van der Waals surface area contributed by atoms with Crippen LogP contribution in [0.15, 0.2) is 29.2 Å². The van der Waals surface area contributed by atoms with E-state index in [0.29, 0.717) is 23.6 Å². The Kier molecular flexibility index (Phi) is 6.69.